The lowest BCUT2D eigenvalue weighted by Gasteiger charge is -2.13. The second-order valence-corrected chi connectivity index (χ2v) is 8.22. The van der Waals surface area contributed by atoms with Crippen molar-refractivity contribution in [1.82, 2.24) is 14.6 Å². The van der Waals surface area contributed by atoms with Crippen LogP contribution in [0.3, 0.4) is 0 Å². The van der Waals surface area contributed by atoms with Crippen molar-refractivity contribution in [3.05, 3.63) is 102 Å². The summed E-state index contributed by atoms with van der Waals surface area (Å²) in [7, 11) is 0. The Labute approximate surface area is 181 Å². The van der Waals surface area contributed by atoms with E-state index < -0.39 is 0 Å². The van der Waals surface area contributed by atoms with Gasteiger partial charge in [0, 0.05) is 26.2 Å². The van der Waals surface area contributed by atoms with Crippen LogP contribution in [0.15, 0.2) is 102 Å². The highest BCUT2D eigenvalue weighted by Crippen LogP contribution is 2.37. The standard InChI is InChI=1S/C26H16BrN3/c27-19-15-13-18(14-16-19)25-28-29-26-22-11-6-10-20(17-7-2-1-3-8-17)24(22)21-9-4-5-12-23(21)30(25)26/h1-16H. The fourth-order valence-corrected chi connectivity index (χ4v) is 4.50. The van der Waals surface area contributed by atoms with Crippen LogP contribution in [-0.4, -0.2) is 14.6 Å². The molecule has 0 saturated carbocycles. The Kier molecular flexibility index (Phi) is 3.93. The van der Waals surface area contributed by atoms with Crippen molar-refractivity contribution in [2.45, 2.75) is 0 Å². The van der Waals surface area contributed by atoms with Gasteiger partial charge in [-0.3, -0.25) is 4.40 Å². The van der Waals surface area contributed by atoms with E-state index in [1.54, 1.807) is 0 Å². The van der Waals surface area contributed by atoms with E-state index in [0.29, 0.717) is 0 Å². The van der Waals surface area contributed by atoms with Crippen molar-refractivity contribution in [3.63, 3.8) is 0 Å². The number of pyridine rings is 1. The predicted molar refractivity (Wildman–Crippen MR) is 127 cm³/mol. The molecule has 6 rings (SSSR count). The Balaban J connectivity index is 1.79. The summed E-state index contributed by atoms with van der Waals surface area (Å²) in [5.41, 5.74) is 5.42. The summed E-state index contributed by atoms with van der Waals surface area (Å²) in [5, 5.41) is 12.7. The monoisotopic (exact) mass is 449 g/mol. The summed E-state index contributed by atoms with van der Waals surface area (Å²) in [4.78, 5) is 0. The molecule has 6 aromatic rings. The highest BCUT2D eigenvalue weighted by Gasteiger charge is 2.17. The van der Waals surface area contributed by atoms with Gasteiger partial charge in [0.25, 0.3) is 0 Å². The fraction of sp³-hybridized carbons (Fsp3) is 0. The number of fused-ring (bicyclic) bond motifs is 6. The molecule has 0 spiro atoms. The third-order valence-electron chi connectivity index (χ3n) is 5.57. The van der Waals surface area contributed by atoms with Crippen LogP contribution in [0.2, 0.25) is 0 Å². The SMILES string of the molecule is Brc1ccc(-c2nnc3c4cccc(-c5ccccc5)c4c4ccccc4n23)cc1. The summed E-state index contributed by atoms with van der Waals surface area (Å²) in [6.45, 7) is 0. The normalized spacial score (nSPS) is 11.5. The number of halogens is 1. The topological polar surface area (TPSA) is 30.2 Å². The third kappa shape index (κ3) is 2.57. The van der Waals surface area contributed by atoms with Crippen molar-refractivity contribution in [2.75, 3.05) is 0 Å². The molecule has 0 atom stereocenters. The van der Waals surface area contributed by atoms with E-state index in [1.807, 2.05) is 18.2 Å². The molecule has 0 fully saturated rings. The average Bonchev–Trinajstić information content (AvgIpc) is 3.25. The lowest BCUT2D eigenvalue weighted by Crippen LogP contribution is -1.95. The van der Waals surface area contributed by atoms with Gasteiger partial charge >= 0.3 is 0 Å². The summed E-state index contributed by atoms with van der Waals surface area (Å²) in [6, 6.07) is 33.7. The molecule has 0 saturated heterocycles. The van der Waals surface area contributed by atoms with E-state index in [-0.39, 0.29) is 0 Å². The zero-order valence-electron chi connectivity index (χ0n) is 16.0. The molecule has 30 heavy (non-hydrogen) atoms. The van der Waals surface area contributed by atoms with Gasteiger partial charge in [0.05, 0.1) is 5.52 Å². The fourth-order valence-electron chi connectivity index (χ4n) is 4.24. The van der Waals surface area contributed by atoms with Crippen molar-refractivity contribution in [3.8, 4) is 22.5 Å². The van der Waals surface area contributed by atoms with Gasteiger partial charge in [-0.25, -0.2) is 0 Å². The first-order valence-electron chi connectivity index (χ1n) is 9.81. The molecular weight excluding hydrogens is 434 g/mol. The summed E-state index contributed by atoms with van der Waals surface area (Å²) < 4.78 is 3.22. The van der Waals surface area contributed by atoms with E-state index in [0.717, 1.165) is 32.4 Å². The predicted octanol–water partition coefficient (Wildman–Crippen LogP) is 7.13. The minimum Gasteiger partial charge on any atom is -0.274 e. The second-order valence-electron chi connectivity index (χ2n) is 7.30. The molecule has 4 aromatic carbocycles. The van der Waals surface area contributed by atoms with Crippen LogP contribution in [-0.2, 0) is 0 Å². The number of aromatic nitrogens is 3. The molecule has 0 unspecified atom stereocenters. The van der Waals surface area contributed by atoms with E-state index in [4.69, 9.17) is 0 Å². The molecule has 142 valence electrons. The lowest BCUT2D eigenvalue weighted by molar-refractivity contribution is 1.12. The van der Waals surface area contributed by atoms with Gasteiger partial charge in [-0.2, -0.15) is 0 Å². The second kappa shape index (κ2) is 6.78. The van der Waals surface area contributed by atoms with E-state index >= 15 is 0 Å². The third-order valence-corrected chi connectivity index (χ3v) is 6.10. The molecule has 0 radical (unpaired) electrons. The number of hydrogen-bond donors (Lipinski definition) is 0. The van der Waals surface area contributed by atoms with Gasteiger partial charge in [-0.15, -0.1) is 10.2 Å². The minimum absolute atomic E-state index is 0.848. The molecule has 0 N–H and O–H groups in total. The van der Waals surface area contributed by atoms with E-state index in [9.17, 15) is 0 Å². The van der Waals surface area contributed by atoms with Gasteiger partial charge in [-0.05, 0) is 29.3 Å². The van der Waals surface area contributed by atoms with Crippen molar-refractivity contribution in [2.24, 2.45) is 0 Å². The van der Waals surface area contributed by atoms with Crippen LogP contribution in [0, 0.1) is 0 Å². The van der Waals surface area contributed by atoms with Gasteiger partial charge in [0.1, 0.15) is 0 Å². The maximum atomic E-state index is 4.63. The van der Waals surface area contributed by atoms with Crippen LogP contribution < -0.4 is 0 Å². The number of rotatable bonds is 2. The zero-order chi connectivity index (χ0) is 20.1. The molecule has 0 bridgehead atoms. The van der Waals surface area contributed by atoms with Gasteiger partial charge in [-0.1, -0.05) is 94.8 Å². The number of hydrogen-bond acceptors (Lipinski definition) is 2. The largest absolute Gasteiger partial charge is 0.274 e. The number of nitrogens with zero attached hydrogens (tertiary/aromatic N) is 3. The van der Waals surface area contributed by atoms with Crippen molar-refractivity contribution >= 4 is 43.3 Å². The highest BCUT2D eigenvalue weighted by molar-refractivity contribution is 9.10. The van der Waals surface area contributed by atoms with Gasteiger partial charge in [0.2, 0.25) is 0 Å². The van der Waals surface area contributed by atoms with Gasteiger partial charge in [0.15, 0.2) is 11.5 Å². The molecule has 0 amide bonds. The van der Waals surface area contributed by atoms with Crippen LogP contribution >= 0.6 is 15.9 Å². The quantitative estimate of drug-likeness (QED) is 0.263. The van der Waals surface area contributed by atoms with Crippen molar-refractivity contribution < 1.29 is 0 Å². The average molecular weight is 450 g/mol. The molecule has 0 aliphatic rings. The highest BCUT2D eigenvalue weighted by atomic mass is 79.9. The lowest BCUT2D eigenvalue weighted by atomic mass is 9.95. The molecule has 0 aliphatic carbocycles. The number of benzene rings is 4. The summed E-state index contributed by atoms with van der Waals surface area (Å²) in [6.07, 6.45) is 0. The molecule has 2 heterocycles. The maximum absolute atomic E-state index is 4.63. The first-order valence-corrected chi connectivity index (χ1v) is 10.6. The van der Waals surface area contributed by atoms with Gasteiger partial charge < -0.3 is 0 Å². The Bertz CT molecular complexity index is 1530. The van der Waals surface area contributed by atoms with E-state index in [2.05, 4.69) is 109 Å². The molecular formula is C26H16BrN3. The summed E-state index contributed by atoms with van der Waals surface area (Å²) >= 11 is 3.52. The Morgan fingerprint density at radius 2 is 1.33 bits per heavy atom. The van der Waals surface area contributed by atoms with E-state index in [1.165, 1.54) is 21.9 Å². The molecule has 3 nitrogen and oxygen atoms in total. The molecule has 2 aromatic heterocycles. The van der Waals surface area contributed by atoms with Crippen LogP contribution in [0.1, 0.15) is 0 Å². The smallest absolute Gasteiger partial charge is 0.169 e. The Morgan fingerprint density at radius 1 is 0.600 bits per heavy atom. The van der Waals surface area contributed by atoms with Crippen molar-refractivity contribution in [1.29, 1.82) is 0 Å². The summed E-state index contributed by atoms with van der Waals surface area (Å²) in [5.74, 6) is 0.848. The van der Waals surface area contributed by atoms with Crippen LogP contribution in [0.5, 0.6) is 0 Å². The first kappa shape index (κ1) is 17.4. The molecule has 4 heteroatoms. The van der Waals surface area contributed by atoms with Crippen LogP contribution in [0.4, 0.5) is 0 Å². The Hall–Kier alpha value is -3.50. The first-order chi connectivity index (χ1) is 14.8. The molecule has 0 aliphatic heterocycles. The van der Waals surface area contributed by atoms with Crippen LogP contribution in [0.25, 0.3) is 49.8 Å². The number of para-hydroxylation sites is 1. The zero-order valence-corrected chi connectivity index (χ0v) is 17.5. The Morgan fingerprint density at radius 3 is 2.17 bits per heavy atom. The maximum Gasteiger partial charge on any atom is 0.169 e. The minimum atomic E-state index is 0.848.